The van der Waals surface area contributed by atoms with Crippen LogP contribution in [0.4, 0.5) is 4.39 Å². The predicted molar refractivity (Wildman–Crippen MR) is 78.0 cm³/mol. The van der Waals surface area contributed by atoms with Crippen LogP contribution in [-0.4, -0.2) is 23.2 Å². The Bertz CT molecular complexity index is 617. The Kier molecular flexibility index (Phi) is 3.95. The SMILES string of the molecule is CC1(c2nc(Cc3c(F)cccc3Cl)no2)CCNCC1. The molecule has 3 rings (SSSR count). The lowest BCUT2D eigenvalue weighted by Gasteiger charge is -2.30. The summed E-state index contributed by atoms with van der Waals surface area (Å²) in [5.41, 5.74) is 0.303. The second kappa shape index (κ2) is 5.73. The van der Waals surface area contributed by atoms with E-state index in [0.717, 1.165) is 25.9 Å². The maximum atomic E-state index is 13.8. The quantitative estimate of drug-likeness (QED) is 0.946. The van der Waals surface area contributed by atoms with Gasteiger partial charge >= 0.3 is 0 Å². The van der Waals surface area contributed by atoms with Crippen molar-refractivity contribution < 1.29 is 8.91 Å². The summed E-state index contributed by atoms with van der Waals surface area (Å²) in [6, 6.07) is 4.63. The van der Waals surface area contributed by atoms with Crippen LogP contribution in [0.1, 0.15) is 37.0 Å². The molecule has 1 aliphatic rings. The van der Waals surface area contributed by atoms with E-state index in [9.17, 15) is 4.39 Å². The Morgan fingerprint density at radius 2 is 2.14 bits per heavy atom. The van der Waals surface area contributed by atoms with E-state index in [4.69, 9.17) is 16.1 Å². The Morgan fingerprint density at radius 3 is 2.86 bits per heavy atom. The van der Waals surface area contributed by atoms with Crippen LogP contribution in [0.2, 0.25) is 5.02 Å². The van der Waals surface area contributed by atoms with Gasteiger partial charge in [0.25, 0.3) is 0 Å². The number of rotatable bonds is 3. The van der Waals surface area contributed by atoms with E-state index >= 15 is 0 Å². The number of hydrogen-bond donors (Lipinski definition) is 1. The van der Waals surface area contributed by atoms with Gasteiger partial charge in [0.15, 0.2) is 5.82 Å². The van der Waals surface area contributed by atoms with Gasteiger partial charge in [0.1, 0.15) is 5.82 Å². The van der Waals surface area contributed by atoms with Crippen LogP contribution in [0.5, 0.6) is 0 Å². The van der Waals surface area contributed by atoms with Gasteiger partial charge in [-0.05, 0) is 38.1 Å². The summed E-state index contributed by atoms with van der Waals surface area (Å²) in [5, 5.41) is 7.68. The largest absolute Gasteiger partial charge is 0.339 e. The summed E-state index contributed by atoms with van der Waals surface area (Å²) in [7, 11) is 0. The summed E-state index contributed by atoms with van der Waals surface area (Å²) < 4.78 is 19.2. The molecule has 0 radical (unpaired) electrons. The average molecular weight is 310 g/mol. The van der Waals surface area contributed by atoms with Crippen molar-refractivity contribution in [3.05, 3.63) is 46.3 Å². The molecule has 1 aromatic heterocycles. The number of aromatic nitrogens is 2. The molecule has 1 fully saturated rings. The molecule has 2 heterocycles. The summed E-state index contributed by atoms with van der Waals surface area (Å²) >= 11 is 6.03. The number of nitrogens with one attached hydrogen (secondary N) is 1. The molecule has 2 aromatic rings. The third-order valence-corrected chi connectivity index (χ3v) is 4.44. The number of hydrogen-bond acceptors (Lipinski definition) is 4. The van der Waals surface area contributed by atoms with Gasteiger partial charge in [-0.3, -0.25) is 0 Å². The molecule has 21 heavy (non-hydrogen) atoms. The number of nitrogens with zero attached hydrogens (tertiary/aromatic N) is 2. The Labute approximate surface area is 127 Å². The highest BCUT2D eigenvalue weighted by Gasteiger charge is 2.34. The first-order valence-electron chi connectivity index (χ1n) is 7.05. The summed E-state index contributed by atoms with van der Waals surface area (Å²) in [4.78, 5) is 4.45. The monoisotopic (exact) mass is 309 g/mol. The van der Waals surface area contributed by atoms with Crippen molar-refractivity contribution in [3.63, 3.8) is 0 Å². The Morgan fingerprint density at radius 1 is 1.38 bits per heavy atom. The van der Waals surface area contributed by atoms with E-state index in [1.807, 2.05) is 0 Å². The zero-order valence-electron chi connectivity index (χ0n) is 11.8. The molecule has 0 spiro atoms. The maximum Gasteiger partial charge on any atom is 0.232 e. The topological polar surface area (TPSA) is 51.0 Å². The van der Waals surface area contributed by atoms with Crippen LogP contribution in [0, 0.1) is 5.82 Å². The van der Waals surface area contributed by atoms with E-state index in [1.165, 1.54) is 6.07 Å². The van der Waals surface area contributed by atoms with Gasteiger partial charge in [-0.25, -0.2) is 4.39 Å². The zero-order valence-corrected chi connectivity index (χ0v) is 12.6. The zero-order chi connectivity index (χ0) is 14.9. The van der Waals surface area contributed by atoms with E-state index < -0.39 is 0 Å². The van der Waals surface area contributed by atoms with Gasteiger partial charge < -0.3 is 9.84 Å². The van der Waals surface area contributed by atoms with E-state index in [1.54, 1.807) is 12.1 Å². The van der Waals surface area contributed by atoms with Crippen molar-refractivity contribution in [2.24, 2.45) is 0 Å². The molecule has 4 nitrogen and oxygen atoms in total. The highest BCUT2D eigenvalue weighted by Crippen LogP contribution is 2.32. The van der Waals surface area contributed by atoms with Crippen molar-refractivity contribution in [2.75, 3.05) is 13.1 Å². The fourth-order valence-corrected chi connectivity index (χ4v) is 2.85. The minimum Gasteiger partial charge on any atom is -0.339 e. The van der Waals surface area contributed by atoms with Crippen LogP contribution in [0.3, 0.4) is 0 Å². The molecule has 0 aliphatic carbocycles. The van der Waals surface area contributed by atoms with Gasteiger partial charge in [-0.2, -0.15) is 4.98 Å². The maximum absolute atomic E-state index is 13.8. The lowest BCUT2D eigenvalue weighted by molar-refractivity contribution is 0.240. The third-order valence-electron chi connectivity index (χ3n) is 4.09. The molecule has 0 amide bonds. The van der Waals surface area contributed by atoms with Gasteiger partial charge in [-0.15, -0.1) is 0 Å². The normalized spacial score (nSPS) is 17.9. The number of halogens is 2. The first kappa shape index (κ1) is 14.5. The number of piperidine rings is 1. The molecule has 1 aromatic carbocycles. The van der Waals surface area contributed by atoms with E-state index in [-0.39, 0.29) is 17.7 Å². The Balaban J connectivity index is 1.82. The molecular formula is C15H17ClFN3O. The summed E-state index contributed by atoms with van der Waals surface area (Å²) in [6.45, 7) is 4.00. The average Bonchev–Trinajstić information content (AvgIpc) is 2.93. The van der Waals surface area contributed by atoms with Gasteiger partial charge in [0.05, 0.1) is 0 Å². The second-order valence-electron chi connectivity index (χ2n) is 5.70. The van der Waals surface area contributed by atoms with Crippen molar-refractivity contribution in [1.29, 1.82) is 0 Å². The summed E-state index contributed by atoms with van der Waals surface area (Å²) in [5.74, 6) is 0.755. The third kappa shape index (κ3) is 2.94. The smallest absolute Gasteiger partial charge is 0.232 e. The first-order valence-corrected chi connectivity index (χ1v) is 7.43. The van der Waals surface area contributed by atoms with Crippen LogP contribution < -0.4 is 5.32 Å². The van der Waals surface area contributed by atoms with Crippen LogP contribution in [0.25, 0.3) is 0 Å². The van der Waals surface area contributed by atoms with E-state index in [0.29, 0.717) is 22.3 Å². The lowest BCUT2D eigenvalue weighted by Crippen LogP contribution is -2.37. The molecule has 6 heteroatoms. The first-order chi connectivity index (χ1) is 10.1. The minimum atomic E-state index is -0.345. The highest BCUT2D eigenvalue weighted by atomic mass is 35.5. The van der Waals surface area contributed by atoms with Crippen LogP contribution in [-0.2, 0) is 11.8 Å². The van der Waals surface area contributed by atoms with Gasteiger partial charge in [-0.1, -0.05) is 29.7 Å². The van der Waals surface area contributed by atoms with Crippen molar-refractivity contribution in [3.8, 4) is 0 Å². The highest BCUT2D eigenvalue weighted by molar-refractivity contribution is 6.31. The second-order valence-corrected chi connectivity index (χ2v) is 6.11. The molecule has 1 N–H and O–H groups in total. The van der Waals surface area contributed by atoms with Crippen LogP contribution in [0.15, 0.2) is 22.7 Å². The molecule has 1 aliphatic heterocycles. The Hall–Kier alpha value is -1.46. The molecule has 0 atom stereocenters. The molecular weight excluding hydrogens is 293 g/mol. The van der Waals surface area contributed by atoms with Crippen molar-refractivity contribution in [2.45, 2.75) is 31.6 Å². The summed E-state index contributed by atoms with van der Waals surface area (Å²) in [6.07, 6.45) is 2.15. The standard InChI is InChI=1S/C15H17ClFN3O/c1-15(5-7-18-8-6-15)14-19-13(20-21-14)9-10-11(16)3-2-4-12(10)17/h2-4,18H,5-9H2,1H3. The molecule has 112 valence electrons. The van der Waals surface area contributed by atoms with Gasteiger partial charge in [0.2, 0.25) is 5.89 Å². The molecule has 1 saturated heterocycles. The van der Waals surface area contributed by atoms with E-state index in [2.05, 4.69) is 22.4 Å². The number of benzene rings is 1. The fraction of sp³-hybridized carbons (Fsp3) is 0.467. The molecule has 0 bridgehead atoms. The molecule has 0 unspecified atom stereocenters. The van der Waals surface area contributed by atoms with Crippen molar-refractivity contribution in [1.82, 2.24) is 15.5 Å². The van der Waals surface area contributed by atoms with Crippen molar-refractivity contribution >= 4 is 11.6 Å². The minimum absolute atomic E-state index is 0.102. The lowest BCUT2D eigenvalue weighted by atomic mass is 9.81. The fourth-order valence-electron chi connectivity index (χ4n) is 2.62. The van der Waals surface area contributed by atoms with Crippen LogP contribution >= 0.6 is 11.6 Å². The predicted octanol–water partition coefficient (Wildman–Crippen LogP) is 3.09. The molecule has 0 saturated carbocycles. The van der Waals surface area contributed by atoms with Gasteiger partial charge in [0, 0.05) is 22.4 Å².